The molecule has 2 aliphatic rings. The van der Waals surface area contributed by atoms with Crippen LogP contribution in [0.5, 0.6) is 0 Å². The van der Waals surface area contributed by atoms with Crippen molar-refractivity contribution in [2.45, 2.75) is 38.5 Å². The molecule has 0 radical (unpaired) electrons. The largest absolute Gasteiger partial charge is 0.455 e. The molecule has 290 valence electrons. The van der Waals surface area contributed by atoms with Gasteiger partial charge >= 0.3 is 0 Å². The Labute approximate surface area is 355 Å². The van der Waals surface area contributed by atoms with E-state index in [1.807, 2.05) is 42.5 Å². The summed E-state index contributed by atoms with van der Waals surface area (Å²) in [6.45, 7) is 9.47. The summed E-state index contributed by atoms with van der Waals surface area (Å²) >= 11 is 0. The molecule has 0 saturated heterocycles. The molecule has 0 atom stereocenters. The molecular weight excluding hydrogens is 743 g/mol. The van der Waals surface area contributed by atoms with Gasteiger partial charge in [0.2, 0.25) is 0 Å². The van der Waals surface area contributed by atoms with Crippen LogP contribution in [0.4, 0.5) is 0 Å². The Morgan fingerprint density at radius 2 is 0.820 bits per heavy atom. The lowest BCUT2D eigenvalue weighted by Gasteiger charge is -2.24. The summed E-state index contributed by atoms with van der Waals surface area (Å²) in [4.78, 5) is 15.2. The van der Waals surface area contributed by atoms with Crippen LogP contribution in [0.15, 0.2) is 180 Å². The Morgan fingerprint density at radius 1 is 0.328 bits per heavy atom. The molecule has 2 aromatic heterocycles. The van der Waals surface area contributed by atoms with Crippen LogP contribution in [-0.2, 0) is 10.8 Å². The van der Waals surface area contributed by atoms with Gasteiger partial charge in [-0.15, -0.1) is 0 Å². The second-order valence-corrected chi connectivity index (χ2v) is 17.6. The minimum atomic E-state index is -0.109. The molecule has 0 fully saturated rings. The van der Waals surface area contributed by atoms with Crippen LogP contribution < -0.4 is 0 Å². The molecule has 10 aromatic rings. The predicted molar refractivity (Wildman–Crippen MR) is 249 cm³/mol. The van der Waals surface area contributed by atoms with Gasteiger partial charge in [0.05, 0.1) is 5.56 Å². The average Bonchev–Trinajstić information content (AvgIpc) is 3.87. The van der Waals surface area contributed by atoms with Gasteiger partial charge in [0.25, 0.3) is 0 Å². The van der Waals surface area contributed by atoms with Gasteiger partial charge in [-0.1, -0.05) is 167 Å². The summed E-state index contributed by atoms with van der Waals surface area (Å²) in [7, 11) is 0. The molecule has 2 aliphatic carbocycles. The van der Waals surface area contributed by atoms with Crippen LogP contribution >= 0.6 is 0 Å². The number of nitrogens with zero attached hydrogens (tertiary/aromatic N) is 3. The topological polar surface area (TPSA) is 51.8 Å². The Morgan fingerprint density at radius 3 is 1.54 bits per heavy atom. The van der Waals surface area contributed by atoms with Gasteiger partial charge in [0, 0.05) is 32.7 Å². The molecule has 4 heteroatoms. The quantitative estimate of drug-likeness (QED) is 0.174. The zero-order valence-electron chi connectivity index (χ0n) is 34.5. The van der Waals surface area contributed by atoms with E-state index in [1.54, 1.807) is 0 Å². The first kappa shape index (κ1) is 35.5. The molecule has 0 amide bonds. The fraction of sp³-hybridized carbons (Fsp3) is 0.105. The summed E-state index contributed by atoms with van der Waals surface area (Å²) < 4.78 is 6.72. The zero-order chi connectivity index (χ0) is 41.0. The van der Waals surface area contributed by atoms with Crippen LogP contribution in [0.3, 0.4) is 0 Å². The van der Waals surface area contributed by atoms with Crippen LogP contribution in [0.1, 0.15) is 49.9 Å². The van der Waals surface area contributed by atoms with Crippen molar-refractivity contribution in [3.63, 3.8) is 0 Å². The van der Waals surface area contributed by atoms with Gasteiger partial charge in [-0.3, -0.25) is 0 Å². The predicted octanol–water partition coefficient (Wildman–Crippen LogP) is 14.7. The summed E-state index contributed by atoms with van der Waals surface area (Å²) in [5, 5.41) is 2.08. The lowest BCUT2D eigenvalue weighted by Crippen LogP contribution is -2.16. The lowest BCUT2D eigenvalue weighted by atomic mass is 9.79. The highest BCUT2D eigenvalue weighted by atomic mass is 16.3. The van der Waals surface area contributed by atoms with E-state index >= 15 is 0 Å². The molecule has 8 aromatic carbocycles. The van der Waals surface area contributed by atoms with Crippen molar-refractivity contribution < 1.29 is 4.42 Å². The first-order valence-electron chi connectivity index (χ1n) is 21.1. The first-order chi connectivity index (χ1) is 29.7. The van der Waals surface area contributed by atoms with E-state index in [0.717, 1.165) is 49.8 Å². The molecule has 0 saturated carbocycles. The standard InChI is InChI=1S/C57H41N3O/c1-56(2)47-21-12-11-18-40(47)44-32-50-45(33-49(44)56)43-30-38(26-28-48(43)57(50,3)4)39-27-29-51-46(31-39)41-19-13-20-42(52(41)61-51)55-59-53(36-16-9-6-10-17-36)58-54(60-55)37-24-22-35(23-25-37)34-14-7-5-8-15-34/h5-33H,1-4H3. The van der Waals surface area contributed by atoms with E-state index in [4.69, 9.17) is 19.4 Å². The van der Waals surface area contributed by atoms with Gasteiger partial charge in [-0.2, -0.15) is 0 Å². The third kappa shape index (κ3) is 5.41. The van der Waals surface area contributed by atoms with Crippen LogP contribution in [0, 0.1) is 0 Å². The Hall–Kier alpha value is -7.43. The Kier molecular flexibility index (Phi) is 7.59. The maximum absolute atomic E-state index is 6.72. The highest BCUT2D eigenvalue weighted by Gasteiger charge is 2.41. The highest BCUT2D eigenvalue weighted by Crippen LogP contribution is 2.56. The molecule has 2 heterocycles. The first-order valence-corrected chi connectivity index (χ1v) is 21.1. The average molecular weight is 784 g/mol. The summed E-state index contributed by atoms with van der Waals surface area (Å²) in [6.07, 6.45) is 0. The monoisotopic (exact) mass is 783 g/mol. The SMILES string of the molecule is CC1(C)c2ccccc2-c2cc3c(cc21)-c1cc(-c2ccc4oc5c(-c6nc(-c7ccccc7)nc(-c7ccc(-c8ccccc8)cc7)n6)cccc5c4c2)ccc1C3(C)C. The number of rotatable bonds is 5. The minimum absolute atomic E-state index is 0.0577. The van der Waals surface area contributed by atoms with Gasteiger partial charge in [0.15, 0.2) is 17.5 Å². The van der Waals surface area contributed by atoms with Crippen LogP contribution in [0.25, 0.3) is 101 Å². The van der Waals surface area contributed by atoms with Crippen molar-refractivity contribution in [1.82, 2.24) is 15.0 Å². The number of hydrogen-bond acceptors (Lipinski definition) is 4. The van der Waals surface area contributed by atoms with Gasteiger partial charge in [-0.05, 0) is 103 Å². The van der Waals surface area contributed by atoms with E-state index < -0.39 is 0 Å². The fourth-order valence-electron chi connectivity index (χ4n) is 10.1. The van der Waals surface area contributed by atoms with Crippen molar-refractivity contribution >= 4 is 21.9 Å². The Balaban J connectivity index is 0.956. The van der Waals surface area contributed by atoms with E-state index in [9.17, 15) is 0 Å². The molecule has 0 N–H and O–H groups in total. The second-order valence-electron chi connectivity index (χ2n) is 17.6. The lowest BCUT2D eigenvalue weighted by molar-refractivity contribution is 0.652. The third-order valence-corrected chi connectivity index (χ3v) is 13.4. The summed E-state index contributed by atoms with van der Waals surface area (Å²) in [5.41, 5.74) is 19.7. The van der Waals surface area contributed by atoms with Crippen molar-refractivity contribution in [1.29, 1.82) is 0 Å². The molecule has 0 spiro atoms. The van der Waals surface area contributed by atoms with E-state index in [0.29, 0.717) is 17.5 Å². The van der Waals surface area contributed by atoms with E-state index in [1.165, 1.54) is 55.6 Å². The number of furan rings is 1. The van der Waals surface area contributed by atoms with Crippen molar-refractivity contribution in [3.05, 3.63) is 198 Å². The molecule has 0 bridgehead atoms. The van der Waals surface area contributed by atoms with Crippen molar-refractivity contribution in [2.24, 2.45) is 0 Å². The third-order valence-electron chi connectivity index (χ3n) is 13.4. The number of hydrogen-bond donors (Lipinski definition) is 0. The molecular formula is C57H41N3O. The minimum Gasteiger partial charge on any atom is -0.455 e. The second kappa shape index (κ2) is 13.0. The molecule has 4 nitrogen and oxygen atoms in total. The zero-order valence-corrected chi connectivity index (χ0v) is 34.5. The maximum Gasteiger partial charge on any atom is 0.167 e. The molecule has 12 rings (SSSR count). The maximum atomic E-state index is 6.72. The number of fused-ring (bicyclic) bond motifs is 9. The van der Waals surface area contributed by atoms with Gasteiger partial charge in [0.1, 0.15) is 11.2 Å². The fourth-order valence-corrected chi connectivity index (χ4v) is 10.1. The normalized spacial score (nSPS) is 14.2. The van der Waals surface area contributed by atoms with Crippen LogP contribution in [-0.4, -0.2) is 15.0 Å². The van der Waals surface area contributed by atoms with Crippen molar-refractivity contribution in [2.75, 3.05) is 0 Å². The van der Waals surface area contributed by atoms with Crippen LogP contribution in [0.2, 0.25) is 0 Å². The van der Waals surface area contributed by atoms with E-state index in [-0.39, 0.29) is 10.8 Å². The smallest absolute Gasteiger partial charge is 0.167 e. The highest BCUT2D eigenvalue weighted by molar-refractivity contribution is 6.10. The molecule has 0 unspecified atom stereocenters. The van der Waals surface area contributed by atoms with Gasteiger partial charge in [-0.25, -0.2) is 15.0 Å². The number of aromatic nitrogens is 3. The van der Waals surface area contributed by atoms with Crippen molar-refractivity contribution in [3.8, 4) is 78.7 Å². The van der Waals surface area contributed by atoms with E-state index in [2.05, 4.69) is 161 Å². The number of para-hydroxylation sites is 1. The molecule has 61 heavy (non-hydrogen) atoms. The van der Waals surface area contributed by atoms with Gasteiger partial charge < -0.3 is 4.42 Å². The Bertz CT molecular complexity index is 3400. The molecule has 0 aliphatic heterocycles. The summed E-state index contributed by atoms with van der Waals surface area (Å²) in [5.74, 6) is 1.79. The number of benzene rings is 8. The summed E-state index contributed by atoms with van der Waals surface area (Å²) in [6, 6.07) is 62.7.